The Hall–Kier alpha value is -10.2. The van der Waals surface area contributed by atoms with Crippen LogP contribution in [-0.2, 0) is 32.5 Å². The first-order chi connectivity index (χ1) is 43.6. The number of hydrogen-bond acceptors (Lipinski definition) is 5. The van der Waals surface area contributed by atoms with Crippen LogP contribution in [-0.4, -0.2) is 8.07 Å². The average molecular weight is 1240 g/mol. The second-order valence-electron chi connectivity index (χ2n) is 29.0. The number of rotatable bonds is 4. The van der Waals surface area contributed by atoms with Gasteiger partial charge < -0.3 is 0 Å². The number of benzene rings is 9. The van der Waals surface area contributed by atoms with Crippen molar-refractivity contribution in [2.24, 2.45) is 0 Å². The Kier molecular flexibility index (Phi) is 26.8. The summed E-state index contributed by atoms with van der Waals surface area (Å²) < 4.78 is 0. The predicted molar refractivity (Wildman–Crippen MR) is 394 cm³/mol. The van der Waals surface area contributed by atoms with E-state index in [-0.39, 0.29) is 32.5 Å². The van der Waals surface area contributed by atoms with E-state index >= 15 is 0 Å². The molecule has 470 valence electrons. The lowest BCUT2D eigenvalue weighted by Crippen LogP contribution is -2.74. The molecule has 0 saturated carbocycles. The first-order valence-corrected chi connectivity index (χ1v) is 33.4. The average Bonchev–Trinajstić information content (AvgIpc) is 0.737. The van der Waals surface area contributed by atoms with E-state index in [0.29, 0.717) is 11.1 Å². The summed E-state index contributed by atoms with van der Waals surface area (Å²) in [6.45, 7) is 38.6. The Morgan fingerprint density at radius 3 is 1.00 bits per heavy atom. The van der Waals surface area contributed by atoms with Crippen LogP contribution < -0.4 is 20.7 Å². The zero-order valence-corrected chi connectivity index (χ0v) is 59.3. The van der Waals surface area contributed by atoms with Crippen molar-refractivity contribution in [3.05, 3.63) is 297 Å². The molecule has 0 atom stereocenters. The molecule has 9 rings (SSSR count). The number of terminal acetylenes is 2. The molecule has 9 aromatic carbocycles. The lowest BCUT2D eigenvalue weighted by atomic mass is 9.81. The highest BCUT2D eigenvalue weighted by atomic mass is 28.3. The summed E-state index contributed by atoms with van der Waals surface area (Å²) >= 11 is 0. The molecule has 9 aromatic rings. The lowest BCUT2D eigenvalue weighted by molar-refractivity contribution is 0.587. The maximum atomic E-state index is 8.98. The second-order valence-corrected chi connectivity index (χ2v) is 32.8. The summed E-state index contributed by atoms with van der Waals surface area (Å²) in [4.78, 5) is 0. The molecule has 0 spiro atoms. The van der Waals surface area contributed by atoms with Crippen molar-refractivity contribution in [1.82, 2.24) is 0 Å². The largest absolute Gasteiger partial charge is 0.192 e. The summed E-state index contributed by atoms with van der Waals surface area (Å²) in [5.41, 5.74) is 12.6. The molecule has 0 radical (unpaired) electrons. The van der Waals surface area contributed by atoms with Gasteiger partial charge >= 0.3 is 0 Å². The molecule has 0 saturated heterocycles. The maximum absolute atomic E-state index is 8.98. The van der Waals surface area contributed by atoms with Gasteiger partial charge in [-0.2, -0.15) is 26.3 Å². The third kappa shape index (κ3) is 21.7. The molecule has 0 unspecified atom stereocenters. The van der Waals surface area contributed by atoms with Crippen LogP contribution in [0.1, 0.15) is 197 Å². The summed E-state index contributed by atoms with van der Waals surface area (Å²) in [6, 6.07) is 87.7. The zero-order chi connectivity index (χ0) is 69.4. The molecule has 0 N–H and O–H groups in total. The maximum Gasteiger partial charge on any atom is 0.179 e. The molecule has 5 nitrogen and oxygen atoms in total. The van der Waals surface area contributed by atoms with Gasteiger partial charge in [0.25, 0.3) is 0 Å². The lowest BCUT2D eigenvalue weighted by Gasteiger charge is -2.34. The highest BCUT2D eigenvalue weighted by Crippen LogP contribution is 2.30. The van der Waals surface area contributed by atoms with Crippen LogP contribution in [0, 0.1) is 81.3 Å². The van der Waals surface area contributed by atoms with Crippen LogP contribution in [0.25, 0.3) is 0 Å². The van der Waals surface area contributed by atoms with Gasteiger partial charge in [-0.15, -0.1) is 12.8 Å². The van der Waals surface area contributed by atoms with Crippen LogP contribution in [0.5, 0.6) is 0 Å². The molecular formula is C87H93N5Si. The van der Waals surface area contributed by atoms with Gasteiger partial charge in [-0.1, -0.05) is 300 Å². The fraction of sp³-hybridized carbons (Fsp3) is 0.276. The van der Waals surface area contributed by atoms with Crippen molar-refractivity contribution < 1.29 is 0 Å². The van der Waals surface area contributed by atoms with Crippen LogP contribution in [0.2, 0.25) is 0 Å². The highest BCUT2D eigenvalue weighted by molar-refractivity contribution is 7.19. The zero-order valence-electron chi connectivity index (χ0n) is 58.3. The van der Waals surface area contributed by atoms with Gasteiger partial charge in [0.05, 0.1) is 58.2 Å². The van der Waals surface area contributed by atoms with E-state index in [4.69, 9.17) is 39.2 Å². The summed E-state index contributed by atoms with van der Waals surface area (Å²) in [5, 5.41) is 49.6. The second kappa shape index (κ2) is 33.2. The Bertz CT molecular complexity index is 4020. The van der Waals surface area contributed by atoms with Gasteiger partial charge in [-0.05, 0) is 147 Å². The van der Waals surface area contributed by atoms with E-state index in [0.717, 1.165) is 44.5 Å². The minimum absolute atomic E-state index is 0.0263. The van der Waals surface area contributed by atoms with E-state index in [2.05, 4.69) is 288 Å². The van der Waals surface area contributed by atoms with Crippen molar-refractivity contribution in [3.63, 3.8) is 0 Å². The number of nitriles is 5. The van der Waals surface area contributed by atoms with E-state index in [9.17, 15) is 0 Å². The summed E-state index contributed by atoms with van der Waals surface area (Å²) in [6.07, 6.45) is 10.7. The molecule has 0 amide bonds. The van der Waals surface area contributed by atoms with Gasteiger partial charge in [0.1, 0.15) is 0 Å². The summed E-state index contributed by atoms with van der Waals surface area (Å²) in [7, 11) is -2.38. The first kappa shape index (κ1) is 75.2. The Morgan fingerprint density at radius 2 is 0.624 bits per heavy atom. The van der Waals surface area contributed by atoms with Crippen LogP contribution in [0.15, 0.2) is 224 Å². The predicted octanol–water partition coefficient (Wildman–Crippen LogP) is 18.6. The molecule has 0 bridgehead atoms. The van der Waals surface area contributed by atoms with Gasteiger partial charge in [-0.3, -0.25) is 0 Å². The smallest absolute Gasteiger partial charge is 0.179 e. The van der Waals surface area contributed by atoms with Gasteiger partial charge in [0.2, 0.25) is 0 Å². The van der Waals surface area contributed by atoms with E-state index in [1.807, 2.05) is 91.0 Å². The Balaban J connectivity index is 0.000000249. The van der Waals surface area contributed by atoms with E-state index in [1.165, 1.54) is 37.4 Å². The normalized spacial score (nSPS) is 11.0. The van der Waals surface area contributed by atoms with E-state index < -0.39 is 8.07 Å². The van der Waals surface area contributed by atoms with Gasteiger partial charge in [0, 0.05) is 11.1 Å². The monoisotopic (exact) mass is 1240 g/mol. The van der Waals surface area contributed by atoms with Crippen LogP contribution in [0.3, 0.4) is 0 Å². The van der Waals surface area contributed by atoms with Crippen LogP contribution in [0.4, 0.5) is 0 Å². The van der Waals surface area contributed by atoms with E-state index in [1.54, 1.807) is 12.1 Å². The van der Waals surface area contributed by atoms with Crippen molar-refractivity contribution in [3.8, 4) is 55.0 Å². The van der Waals surface area contributed by atoms with Crippen molar-refractivity contribution in [2.75, 3.05) is 0 Å². The third-order valence-electron chi connectivity index (χ3n) is 15.6. The molecule has 93 heavy (non-hydrogen) atoms. The minimum atomic E-state index is -2.38. The molecule has 0 aromatic heterocycles. The quantitative estimate of drug-likeness (QED) is 0.0988. The van der Waals surface area contributed by atoms with Crippen LogP contribution >= 0.6 is 0 Å². The third-order valence-corrected chi connectivity index (χ3v) is 20.4. The van der Waals surface area contributed by atoms with Gasteiger partial charge in [-0.25, -0.2) is 0 Å². The standard InChI is InChI=1S/C28H28Si.2C13H13N.3C11H13N/c1-28(2,3)23-19-21-27(22-20-23)29(24-13-7-4-8-14-24,25-15-9-5-10-16-25)26-17-11-6-12-18-26;1-5-10-6-11(9-14)8-12(7-10)13(2,3)4;1-5-10-7-6-8-11(9-14)12(10)13(2,3)4;1-11(2,3)10-6-4-9(8-12)5-7-10;1-11(2,3)10-6-4-5-9(7-10)8-12;1-11(2,3)10-7-5-4-6-9(10)8-12/h4-22H,1-3H3;2*1,6-8H,2-4H3;3*4-7H,1-3H3. The number of nitrogens with zero attached hydrogens (tertiary/aromatic N) is 5. The number of hydrogen-bond donors (Lipinski definition) is 0. The molecular weight excluding hydrogens is 1140 g/mol. The fourth-order valence-corrected chi connectivity index (χ4v) is 15.1. The highest BCUT2D eigenvalue weighted by Gasteiger charge is 2.41. The summed E-state index contributed by atoms with van der Waals surface area (Å²) in [5.74, 6) is 5.19. The minimum Gasteiger partial charge on any atom is -0.192 e. The molecule has 0 fully saturated rings. The van der Waals surface area contributed by atoms with Crippen molar-refractivity contribution in [1.29, 1.82) is 26.3 Å². The Labute approximate surface area is 560 Å². The fourth-order valence-electron chi connectivity index (χ4n) is 10.4. The topological polar surface area (TPSA) is 119 Å². The van der Waals surface area contributed by atoms with Crippen molar-refractivity contribution >= 4 is 28.8 Å². The molecule has 0 aliphatic heterocycles. The SMILES string of the molecule is C#Cc1cc(C#N)cc(C(C)(C)C)c1.C#Cc1cccc(C#N)c1C(C)(C)C.CC(C)(C)c1ccc(C#N)cc1.CC(C)(C)c1ccc([Si](c2ccccc2)(c2ccccc2)c2ccccc2)cc1.CC(C)(C)c1cccc(C#N)c1.CC(C)(C)c1ccccc1C#N. The molecule has 6 heteroatoms. The molecule has 0 heterocycles. The Morgan fingerprint density at radius 1 is 0.258 bits per heavy atom. The molecule has 0 aliphatic rings. The van der Waals surface area contributed by atoms with Gasteiger partial charge in [0.15, 0.2) is 8.07 Å². The van der Waals surface area contributed by atoms with Crippen molar-refractivity contribution in [2.45, 2.75) is 157 Å². The molecule has 0 aliphatic carbocycles. The first-order valence-electron chi connectivity index (χ1n) is 31.4.